The lowest BCUT2D eigenvalue weighted by molar-refractivity contribution is -0.139. The molecule has 1 aliphatic rings. The standard InChI is InChI=1S/C28H37N3O6S/c1-5-6-17-23(25(32)26(33)29-20(2)21-13-9-7-10-14-21)30-27(34)37-24-18-31(19-28(24,3)4)38(35,36)22-15-11-8-12-16-22/h7-16,20,23-24H,5-6,17-19H2,1-4H3,(H,29,33)(H,30,34)/t20-,23+,24-/m1/s1. The van der Waals surface area contributed by atoms with Gasteiger partial charge in [-0.05, 0) is 31.0 Å². The van der Waals surface area contributed by atoms with Gasteiger partial charge in [0.05, 0.1) is 17.5 Å². The molecule has 10 heteroatoms. The Balaban J connectivity index is 1.65. The first-order chi connectivity index (χ1) is 18.0. The number of ketones is 1. The molecule has 2 aromatic rings. The number of benzene rings is 2. The van der Waals surface area contributed by atoms with E-state index in [-0.39, 0.29) is 30.4 Å². The quantitative estimate of drug-likeness (QED) is 0.416. The molecule has 0 aromatic heterocycles. The number of ether oxygens (including phenoxy) is 1. The number of alkyl carbamates (subject to hydrolysis) is 1. The summed E-state index contributed by atoms with van der Waals surface area (Å²) in [6.45, 7) is 7.52. The summed E-state index contributed by atoms with van der Waals surface area (Å²) in [6, 6.07) is 15.9. The zero-order chi connectivity index (χ0) is 27.9. The maximum atomic E-state index is 13.1. The zero-order valence-electron chi connectivity index (χ0n) is 22.3. The van der Waals surface area contributed by atoms with Crippen molar-refractivity contribution < 1.29 is 27.5 Å². The van der Waals surface area contributed by atoms with Gasteiger partial charge in [0.2, 0.25) is 15.8 Å². The molecule has 2 N–H and O–H groups in total. The van der Waals surface area contributed by atoms with Crippen LogP contribution in [0.1, 0.15) is 58.6 Å². The minimum atomic E-state index is -3.76. The third-order valence-corrected chi connectivity index (χ3v) is 8.61. The number of sulfonamides is 1. The van der Waals surface area contributed by atoms with Crippen molar-refractivity contribution in [1.29, 1.82) is 0 Å². The average Bonchev–Trinajstić information content (AvgIpc) is 3.21. The van der Waals surface area contributed by atoms with E-state index in [1.165, 1.54) is 16.4 Å². The maximum absolute atomic E-state index is 13.1. The van der Waals surface area contributed by atoms with E-state index in [0.29, 0.717) is 6.42 Å². The fourth-order valence-electron chi connectivity index (χ4n) is 4.41. The topological polar surface area (TPSA) is 122 Å². The largest absolute Gasteiger partial charge is 0.444 e. The number of unbranched alkanes of at least 4 members (excludes halogenated alkanes) is 1. The van der Waals surface area contributed by atoms with Crippen LogP contribution in [0.4, 0.5) is 4.79 Å². The first-order valence-corrected chi connectivity index (χ1v) is 14.3. The normalized spacial score (nSPS) is 18.8. The Kier molecular flexibility index (Phi) is 9.67. The van der Waals surface area contributed by atoms with Crippen LogP contribution in [0.3, 0.4) is 0 Å². The van der Waals surface area contributed by atoms with E-state index in [0.717, 1.165) is 12.0 Å². The fraction of sp³-hybridized carbons (Fsp3) is 0.464. The van der Waals surface area contributed by atoms with Gasteiger partial charge in [0.1, 0.15) is 12.1 Å². The molecule has 206 valence electrons. The summed E-state index contributed by atoms with van der Waals surface area (Å²) in [4.78, 5) is 38.7. The van der Waals surface area contributed by atoms with Crippen LogP contribution in [-0.2, 0) is 24.3 Å². The molecule has 0 unspecified atom stereocenters. The molecule has 1 heterocycles. The van der Waals surface area contributed by atoms with Crippen LogP contribution in [-0.4, -0.2) is 55.7 Å². The lowest BCUT2D eigenvalue weighted by Crippen LogP contribution is -2.49. The van der Waals surface area contributed by atoms with Crippen molar-refractivity contribution in [1.82, 2.24) is 14.9 Å². The SMILES string of the molecule is CCCC[C@H](NC(=O)O[C@@H]1CN(S(=O)(=O)c2ccccc2)CC1(C)C)C(=O)C(=O)N[C@H](C)c1ccccc1. The van der Waals surface area contributed by atoms with Crippen molar-refractivity contribution in [3.05, 3.63) is 66.2 Å². The molecule has 1 aliphatic heterocycles. The van der Waals surface area contributed by atoms with Crippen LogP contribution in [0, 0.1) is 5.41 Å². The molecule has 0 saturated carbocycles. The van der Waals surface area contributed by atoms with E-state index in [1.807, 2.05) is 51.1 Å². The summed E-state index contributed by atoms with van der Waals surface area (Å²) < 4.78 is 33.1. The summed E-state index contributed by atoms with van der Waals surface area (Å²) in [7, 11) is -3.76. The van der Waals surface area contributed by atoms with Gasteiger partial charge in [-0.1, -0.05) is 82.1 Å². The predicted octanol–water partition coefficient (Wildman–Crippen LogP) is 3.82. The van der Waals surface area contributed by atoms with Crippen LogP contribution in [0.15, 0.2) is 65.6 Å². The van der Waals surface area contributed by atoms with Gasteiger partial charge in [0.15, 0.2) is 0 Å². The maximum Gasteiger partial charge on any atom is 0.408 e. The summed E-state index contributed by atoms with van der Waals surface area (Å²) >= 11 is 0. The molecule has 0 radical (unpaired) electrons. The van der Waals surface area contributed by atoms with Gasteiger partial charge in [-0.3, -0.25) is 9.59 Å². The zero-order valence-corrected chi connectivity index (χ0v) is 23.2. The first kappa shape index (κ1) is 29.3. The number of Topliss-reactive ketones (excluding diaryl/α,β-unsaturated/α-hetero) is 1. The van der Waals surface area contributed by atoms with Gasteiger partial charge in [0, 0.05) is 12.0 Å². The second-order valence-electron chi connectivity index (χ2n) is 10.3. The highest BCUT2D eigenvalue weighted by molar-refractivity contribution is 7.89. The van der Waals surface area contributed by atoms with Crippen LogP contribution in [0.2, 0.25) is 0 Å². The highest BCUT2D eigenvalue weighted by atomic mass is 32.2. The number of hydrogen-bond acceptors (Lipinski definition) is 6. The van der Waals surface area contributed by atoms with E-state index in [9.17, 15) is 22.8 Å². The van der Waals surface area contributed by atoms with Crippen LogP contribution < -0.4 is 10.6 Å². The highest BCUT2D eigenvalue weighted by Gasteiger charge is 2.47. The molecule has 1 saturated heterocycles. The van der Waals surface area contributed by atoms with Crippen LogP contribution in [0.5, 0.6) is 0 Å². The molecular formula is C28H37N3O6S. The van der Waals surface area contributed by atoms with Gasteiger partial charge < -0.3 is 15.4 Å². The summed E-state index contributed by atoms with van der Waals surface area (Å²) in [5.41, 5.74) is 0.189. The molecule has 3 rings (SSSR count). The van der Waals surface area contributed by atoms with E-state index >= 15 is 0 Å². The molecule has 0 bridgehead atoms. The van der Waals surface area contributed by atoms with Gasteiger partial charge in [0.25, 0.3) is 5.91 Å². The van der Waals surface area contributed by atoms with Gasteiger partial charge in [-0.15, -0.1) is 0 Å². The number of rotatable bonds is 11. The van der Waals surface area contributed by atoms with Crippen molar-refractivity contribution in [2.75, 3.05) is 13.1 Å². The van der Waals surface area contributed by atoms with Crippen molar-refractivity contribution in [2.24, 2.45) is 5.41 Å². The molecule has 9 nitrogen and oxygen atoms in total. The smallest absolute Gasteiger partial charge is 0.408 e. The second kappa shape index (κ2) is 12.5. The number of carbonyl (C=O) groups is 3. The lowest BCUT2D eigenvalue weighted by atomic mass is 9.90. The Hall–Kier alpha value is -3.24. The monoisotopic (exact) mass is 543 g/mol. The second-order valence-corrected chi connectivity index (χ2v) is 12.2. The Morgan fingerprint density at radius 3 is 2.24 bits per heavy atom. The summed E-state index contributed by atoms with van der Waals surface area (Å²) in [5.74, 6) is -1.54. The van der Waals surface area contributed by atoms with Gasteiger partial charge in [-0.25, -0.2) is 13.2 Å². The van der Waals surface area contributed by atoms with E-state index < -0.39 is 45.4 Å². The average molecular weight is 544 g/mol. The number of nitrogens with zero attached hydrogens (tertiary/aromatic N) is 1. The van der Waals surface area contributed by atoms with Crippen molar-refractivity contribution in [2.45, 2.75) is 70.0 Å². The number of carbonyl (C=O) groups excluding carboxylic acids is 3. The molecular weight excluding hydrogens is 506 g/mol. The van der Waals surface area contributed by atoms with Gasteiger partial charge >= 0.3 is 6.09 Å². The molecule has 38 heavy (non-hydrogen) atoms. The lowest BCUT2D eigenvalue weighted by Gasteiger charge is -2.26. The van der Waals surface area contributed by atoms with E-state index in [4.69, 9.17) is 4.74 Å². The first-order valence-electron chi connectivity index (χ1n) is 12.9. The van der Waals surface area contributed by atoms with Crippen LogP contribution in [0.25, 0.3) is 0 Å². The Labute approximate surface area is 225 Å². The van der Waals surface area contributed by atoms with Crippen LogP contribution >= 0.6 is 0 Å². The third kappa shape index (κ3) is 7.20. The molecule has 3 atom stereocenters. The molecule has 0 spiro atoms. The minimum absolute atomic E-state index is 0.0136. The Bertz CT molecular complexity index is 1220. The highest BCUT2D eigenvalue weighted by Crippen LogP contribution is 2.35. The Morgan fingerprint density at radius 1 is 1.03 bits per heavy atom. The minimum Gasteiger partial charge on any atom is -0.444 e. The van der Waals surface area contributed by atoms with Crippen molar-refractivity contribution in [3.63, 3.8) is 0 Å². The third-order valence-electron chi connectivity index (χ3n) is 6.78. The number of hydrogen-bond donors (Lipinski definition) is 2. The Morgan fingerprint density at radius 2 is 1.63 bits per heavy atom. The number of nitrogens with one attached hydrogen (secondary N) is 2. The van der Waals surface area contributed by atoms with E-state index in [2.05, 4.69) is 10.6 Å². The fourth-order valence-corrected chi connectivity index (χ4v) is 6.04. The number of amides is 2. The summed E-state index contributed by atoms with van der Waals surface area (Å²) in [5, 5.41) is 5.25. The van der Waals surface area contributed by atoms with Crippen molar-refractivity contribution >= 4 is 27.8 Å². The molecule has 1 fully saturated rings. The van der Waals surface area contributed by atoms with Crippen molar-refractivity contribution in [3.8, 4) is 0 Å². The predicted molar refractivity (Wildman–Crippen MR) is 144 cm³/mol. The van der Waals surface area contributed by atoms with E-state index in [1.54, 1.807) is 25.1 Å². The molecule has 2 amide bonds. The summed E-state index contributed by atoms with van der Waals surface area (Å²) in [6.07, 6.45) is 0.0659. The molecule has 0 aliphatic carbocycles. The van der Waals surface area contributed by atoms with Gasteiger partial charge in [-0.2, -0.15) is 4.31 Å². The molecule has 2 aromatic carbocycles.